The summed E-state index contributed by atoms with van der Waals surface area (Å²) >= 11 is 5.91. The summed E-state index contributed by atoms with van der Waals surface area (Å²) in [5.41, 5.74) is 8.65. The first-order valence-corrected chi connectivity index (χ1v) is 6.17. The fraction of sp³-hybridized carbons (Fsp3) is 0.0714. The highest BCUT2D eigenvalue weighted by atomic mass is 35.5. The molecule has 0 spiro atoms. The van der Waals surface area contributed by atoms with E-state index in [0.29, 0.717) is 16.6 Å². The molecular weight excluding hydrogens is 262 g/mol. The first-order valence-electron chi connectivity index (χ1n) is 5.79. The Balaban J connectivity index is 2.22. The van der Waals surface area contributed by atoms with Crippen molar-refractivity contribution in [2.24, 2.45) is 7.05 Å². The van der Waals surface area contributed by atoms with Crippen LogP contribution in [-0.4, -0.2) is 9.78 Å². The topological polar surface area (TPSA) is 57.0 Å². The number of benzene rings is 1. The Morgan fingerprint density at radius 1 is 1.21 bits per heavy atom. The number of rotatable bonds is 2. The number of anilines is 1. The van der Waals surface area contributed by atoms with Crippen LogP contribution in [0.4, 0.5) is 5.82 Å². The standard InChI is InChI=1S/C14H12ClN3O/c1-18-14(16)12(9-4-6-10(15)7-5-9)13(17-18)11-3-2-8-19-11/h2-8H,16H2,1H3. The fourth-order valence-corrected chi connectivity index (χ4v) is 2.15. The van der Waals surface area contributed by atoms with E-state index in [2.05, 4.69) is 5.10 Å². The molecule has 96 valence electrons. The normalized spacial score (nSPS) is 10.8. The van der Waals surface area contributed by atoms with Crippen molar-refractivity contribution >= 4 is 17.4 Å². The number of furan rings is 1. The van der Waals surface area contributed by atoms with Gasteiger partial charge in [-0.25, -0.2) is 0 Å². The maximum atomic E-state index is 6.11. The molecule has 3 aromatic rings. The Hall–Kier alpha value is -2.20. The number of nitrogen functional groups attached to an aromatic ring is 1. The minimum Gasteiger partial charge on any atom is -0.463 e. The summed E-state index contributed by atoms with van der Waals surface area (Å²) in [4.78, 5) is 0. The molecule has 0 aliphatic carbocycles. The zero-order valence-corrected chi connectivity index (χ0v) is 11.1. The van der Waals surface area contributed by atoms with Gasteiger partial charge in [0.05, 0.1) is 11.8 Å². The molecule has 5 heteroatoms. The maximum Gasteiger partial charge on any atom is 0.154 e. The molecule has 19 heavy (non-hydrogen) atoms. The lowest BCUT2D eigenvalue weighted by atomic mass is 10.0. The Bertz CT molecular complexity index is 699. The van der Waals surface area contributed by atoms with E-state index in [-0.39, 0.29) is 0 Å². The summed E-state index contributed by atoms with van der Waals surface area (Å²) in [6.45, 7) is 0. The molecule has 0 aliphatic rings. The highest BCUT2D eigenvalue weighted by Gasteiger charge is 2.18. The minimum absolute atomic E-state index is 0.591. The number of halogens is 1. The van der Waals surface area contributed by atoms with E-state index in [1.54, 1.807) is 18.0 Å². The lowest BCUT2D eigenvalue weighted by Crippen LogP contribution is -1.97. The van der Waals surface area contributed by atoms with Crippen molar-refractivity contribution in [3.05, 3.63) is 47.7 Å². The third-order valence-electron chi connectivity index (χ3n) is 2.98. The number of aryl methyl sites for hydroxylation is 1. The van der Waals surface area contributed by atoms with Crippen LogP contribution in [-0.2, 0) is 7.05 Å². The number of nitrogens with two attached hydrogens (primary N) is 1. The number of aromatic nitrogens is 2. The summed E-state index contributed by atoms with van der Waals surface area (Å²) < 4.78 is 7.06. The summed E-state index contributed by atoms with van der Waals surface area (Å²) in [6, 6.07) is 11.2. The number of nitrogens with zero attached hydrogens (tertiary/aromatic N) is 2. The summed E-state index contributed by atoms with van der Waals surface area (Å²) in [6.07, 6.45) is 1.62. The van der Waals surface area contributed by atoms with Crippen molar-refractivity contribution < 1.29 is 4.42 Å². The molecule has 0 bridgehead atoms. The van der Waals surface area contributed by atoms with Gasteiger partial charge in [-0.1, -0.05) is 23.7 Å². The molecule has 0 saturated carbocycles. The van der Waals surface area contributed by atoms with E-state index in [9.17, 15) is 0 Å². The molecule has 4 nitrogen and oxygen atoms in total. The van der Waals surface area contributed by atoms with Crippen LogP contribution in [0.2, 0.25) is 5.02 Å². The van der Waals surface area contributed by atoms with Crippen LogP contribution < -0.4 is 5.73 Å². The molecule has 0 unspecified atom stereocenters. The Labute approximate surface area is 115 Å². The molecule has 0 atom stereocenters. The van der Waals surface area contributed by atoms with Crippen molar-refractivity contribution in [3.63, 3.8) is 0 Å². The molecule has 0 radical (unpaired) electrons. The van der Waals surface area contributed by atoms with Gasteiger partial charge in [0.25, 0.3) is 0 Å². The quantitative estimate of drug-likeness (QED) is 0.776. The molecule has 1 aromatic carbocycles. The van der Waals surface area contributed by atoms with Crippen LogP contribution in [0.3, 0.4) is 0 Å². The van der Waals surface area contributed by atoms with Gasteiger partial charge < -0.3 is 10.2 Å². The Kier molecular flexibility index (Phi) is 2.80. The van der Waals surface area contributed by atoms with Gasteiger partial charge in [0.15, 0.2) is 5.76 Å². The van der Waals surface area contributed by atoms with E-state index >= 15 is 0 Å². The fourth-order valence-electron chi connectivity index (χ4n) is 2.02. The molecule has 2 heterocycles. The van der Waals surface area contributed by atoms with Gasteiger partial charge in [-0.15, -0.1) is 0 Å². The molecule has 3 rings (SSSR count). The SMILES string of the molecule is Cn1nc(-c2ccco2)c(-c2ccc(Cl)cc2)c1N. The van der Waals surface area contributed by atoms with Crippen LogP contribution >= 0.6 is 11.6 Å². The van der Waals surface area contributed by atoms with Crippen LogP contribution in [0.1, 0.15) is 0 Å². The highest BCUT2D eigenvalue weighted by molar-refractivity contribution is 6.30. The third-order valence-corrected chi connectivity index (χ3v) is 3.23. The first-order chi connectivity index (χ1) is 9.16. The van der Waals surface area contributed by atoms with E-state index < -0.39 is 0 Å². The first kappa shape index (κ1) is 11.9. The maximum absolute atomic E-state index is 6.11. The minimum atomic E-state index is 0.591. The van der Waals surface area contributed by atoms with Gasteiger partial charge >= 0.3 is 0 Å². The summed E-state index contributed by atoms with van der Waals surface area (Å²) in [7, 11) is 1.81. The molecule has 2 aromatic heterocycles. The van der Waals surface area contributed by atoms with Crippen molar-refractivity contribution in [2.75, 3.05) is 5.73 Å². The third kappa shape index (κ3) is 2.00. The predicted molar refractivity (Wildman–Crippen MR) is 75.8 cm³/mol. The van der Waals surface area contributed by atoms with Gasteiger partial charge in [-0.2, -0.15) is 5.10 Å². The highest BCUT2D eigenvalue weighted by Crippen LogP contribution is 2.36. The van der Waals surface area contributed by atoms with Crippen molar-refractivity contribution in [1.29, 1.82) is 0 Å². The average molecular weight is 274 g/mol. The lowest BCUT2D eigenvalue weighted by molar-refractivity contribution is 0.578. The largest absolute Gasteiger partial charge is 0.463 e. The molecule has 0 amide bonds. The molecular formula is C14H12ClN3O. The van der Waals surface area contributed by atoms with Crippen LogP contribution in [0.25, 0.3) is 22.6 Å². The second-order valence-electron chi connectivity index (χ2n) is 4.22. The average Bonchev–Trinajstić information content (AvgIpc) is 3.01. The Morgan fingerprint density at radius 3 is 2.58 bits per heavy atom. The van der Waals surface area contributed by atoms with Gasteiger partial charge in [-0.05, 0) is 29.8 Å². The van der Waals surface area contributed by atoms with Gasteiger partial charge in [0.2, 0.25) is 0 Å². The smallest absolute Gasteiger partial charge is 0.154 e. The van der Waals surface area contributed by atoms with Gasteiger partial charge in [0, 0.05) is 12.1 Å². The van der Waals surface area contributed by atoms with Crippen molar-refractivity contribution in [1.82, 2.24) is 9.78 Å². The Morgan fingerprint density at radius 2 is 1.95 bits per heavy atom. The van der Waals surface area contributed by atoms with Crippen LogP contribution in [0.5, 0.6) is 0 Å². The lowest BCUT2D eigenvalue weighted by Gasteiger charge is -2.03. The van der Waals surface area contributed by atoms with E-state index in [1.807, 2.05) is 36.4 Å². The molecule has 0 aliphatic heterocycles. The van der Waals surface area contributed by atoms with Crippen LogP contribution in [0.15, 0.2) is 47.1 Å². The van der Waals surface area contributed by atoms with Crippen LogP contribution in [0, 0.1) is 0 Å². The number of hydrogen-bond donors (Lipinski definition) is 1. The zero-order valence-electron chi connectivity index (χ0n) is 10.3. The molecule has 2 N–H and O–H groups in total. The molecule has 0 fully saturated rings. The monoisotopic (exact) mass is 273 g/mol. The van der Waals surface area contributed by atoms with E-state index in [4.69, 9.17) is 21.8 Å². The zero-order chi connectivity index (χ0) is 13.4. The molecule has 0 saturated heterocycles. The second-order valence-corrected chi connectivity index (χ2v) is 4.65. The van der Waals surface area contributed by atoms with Gasteiger partial charge in [0.1, 0.15) is 11.5 Å². The van der Waals surface area contributed by atoms with Gasteiger partial charge in [-0.3, -0.25) is 4.68 Å². The second kappa shape index (κ2) is 4.48. The predicted octanol–water partition coefficient (Wildman–Crippen LogP) is 3.58. The number of hydrogen-bond acceptors (Lipinski definition) is 3. The summed E-state index contributed by atoms with van der Waals surface area (Å²) in [5, 5.41) is 5.10. The van der Waals surface area contributed by atoms with E-state index in [0.717, 1.165) is 16.8 Å². The van der Waals surface area contributed by atoms with E-state index in [1.165, 1.54) is 0 Å². The van der Waals surface area contributed by atoms with Crippen molar-refractivity contribution in [2.45, 2.75) is 0 Å². The van der Waals surface area contributed by atoms with Crippen molar-refractivity contribution in [3.8, 4) is 22.6 Å². The summed E-state index contributed by atoms with van der Waals surface area (Å²) in [5.74, 6) is 1.28.